The molecule has 4 aromatic rings. The van der Waals surface area contributed by atoms with Gasteiger partial charge in [-0.2, -0.15) is 0 Å². The molecule has 0 radical (unpaired) electrons. The number of H-pyrrole nitrogens is 1. The lowest BCUT2D eigenvalue weighted by molar-refractivity contribution is -0.135. The number of nitrogens with zero attached hydrogens (tertiary/aromatic N) is 2. The number of carbonyl (C=O) groups excluding carboxylic acids is 2. The van der Waals surface area contributed by atoms with Crippen LogP contribution in [0.4, 0.5) is 4.79 Å². The van der Waals surface area contributed by atoms with E-state index in [-0.39, 0.29) is 17.9 Å². The molecule has 2 amide bonds. The summed E-state index contributed by atoms with van der Waals surface area (Å²) in [6.45, 7) is 13.1. The lowest BCUT2D eigenvalue weighted by Gasteiger charge is -2.32. The highest BCUT2D eigenvalue weighted by molar-refractivity contribution is 6.62. The Hall–Kier alpha value is -4.09. The number of methoxy groups -OCH3 is 1. The van der Waals surface area contributed by atoms with Crippen molar-refractivity contribution in [1.29, 1.82) is 0 Å². The summed E-state index contributed by atoms with van der Waals surface area (Å²) in [7, 11) is 0.871. The van der Waals surface area contributed by atoms with Gasteiger partial charge in [-0.15, -0.1) is 0 Å². The fourth-order valence-corrected chi connectivity index (χ4v) is 6.86. The zero-order chi connectivity index (χ0) is 32.5. The summed E-state index contributed by atoms with van der Waals surface area (Å²) in [4.78, 5) is 36.0. The first kappa shape index (κ1) is 30.6. The van der Waals surface area contributed by atoms with E-state index in [0.29, 0.717) is 13.2 Å². The summed E-state index contributed by atoms with van der Waals surface area (Å²) in [5.41, 5.74) is 5.17. The van der Waals surface area contributed by atoms with Crippen LogP contribution in [-0.4, -0.2) is 64.9 Å². The first-order valence-corrected chi connectivity index (χ1v) is 16.1. The Balaban J connectivity index is 1.19. The van der Waals surface area contributed by atoms with Gasteiger partial charge in [0.25, 0.3) is 0 Å². The van der Waals surface area contributed by atoms with Crippen molar-refractivity contribution in [2.24, 2.45) is 5.92 Å². The number of hydrogen-bond donors (Lipinski definition) is 2. The monoisotopic (exact) mass is 624 g/mol. The van der Waals surface area contributed by atoms with Crippen LogP contribution in [0.2, 0.25) is 0 Å². The first-order chi connectivity index (χ1) is 21.9. The second-order valence-corrected chi connectivity index (χ2v) is 14.0. The number of likely N-dealkylation sites (tertiary alicyclic amines) is 1. The molecule has 10 nitrogen and oxygen atoms in total. The van der Waals surface area contributed by atoms with Crippen LogP contribution in [0.25, 0.3) is 32.9 Å². The quantitative estimate of drug-likeness (QED) is 0.277. The number of nitrogens with one attached hydrogen (secondary N) is 2. The molecule has 240 valence electrons. The maximum Gasteiger partial charge on any atom is 0.494 e. The largest absolute Gasteiger partial charge is 0.494 e. The molecular formula is C35H41BN4O6. The van der Waals surface area contributed by atoms with Crippen LogP contribution < -0.4 is 15.5 Å². The van der Waals surface area contributed by atoms with Gasteiger partial charge in [0.15, 0.2) is 0 Å². The normalized spacial score (nSPS) is 20.5. The lowest BCUT2D eigenvalue weighted by Crippen LogP contribution is -2.51. The number of alkyl carbamates (subject to hydrolysis) is 1. The summed E-state index contributed by atoms with van der Waals surface area (Å²) in [6.07, 6.45) is 1.03. The third kappa shape index (κ3) is 4.91. The van der Waals surface area contributed by atoms with Crippen LogP contribution >= 0.6 is 0 Å². The van der Waals surface area contributed by atoms with Gasteiger partial charge >= 0.3 is 13.2 Å². The molecule has 3 aromatic carbocycles. The fourth-order valence-electron chi connectivity index (χ4n) is 6.86. The van der Waals surface area contributed by atoms with E-state index in [1.165, 1.54) is 7.11 Å². The smallest absolute Gasteiger partial charge is 0.488 e. The van der Waals surface area contributed by atoms with E-state index < -0.39 is 30.5 Å². The van der Waals surface area contributed by atoms with Crippen LogP contribution in [0.5, 0.6) is 5.75 Å². The van der Waals surface area contributed by atoms with Gasteiger partial charge in [0.05, 0.1) is 35.4 Å². The zero-order valence-electron chi connectivity index (χ0n) is 27.5. The molecule has 46 heavy (non-hydrogen) atoms. The van der Waals surface area contributed by atoms with Gasteiger partial charge < -0.3 is 34.0 Å². The third-order valence-electron chi connectivity index (χ3n) is 10.2. The molecule has 7 rings (SSSR count). The summed E-state index contributed by atoms with van der Waals surface area (Å²) in [6, 6.07) is 13.8. The molecule has 2 fully saturated rings. The lowest BCUT2D eigenvalue weighted by atomic mass is 9.77. The minimum atomic E-state index is -0.683. The number of ether oxygens (including phenoxy) is 2. The summed E-state index contributed by atoms with van der Waals surface area (Å²) in [5.74, 6) is 1.36. The van der Waals surface area contributed by atoms with Gasteiger partial charge in [-0.05, 0) is 81.2 Å². The molecule has 0 bridgehead atoms. The van der Waals surface area contributed by atoms with E-state index in [4.69, 9.17) is 23.8 Å². The van der Waals surface area contributed by atoms with E-state index in [0.717, 1.165) is 68.4 Å². The van der Waals surface area contributed by atoms with Crippen molar-refractivity contribution in [3.63, 3.8) is 0 Å². The molecule has 1 aromatic heterocycles. The highest BCUT2D eigenvalue weighted by atomic mass is 16.7. The molecule has 2 saturated heterocycles. The van der Waals surface area contributed by atoms with Gasteiger partial charge in [-0.1, -0.05) is 38.1 Å². The first-order valence-electron chi connectivity index (χ1n) is 16.1. The fraction of sp³-hybridized carbons (Fsp3) is 0.457. The van der Waals surface area contributed by atoms with Crippen molar-refractivity contribution in [3.05, 3.63) is 53.9 Å². The predicted octanol–water partition coefficient (Wildman–Crippen LogP) is 5.62. The van der Waals surface area contributed by atoms with E-state index in [2.05, 4.69) is 74.4 Å². The van der Waals surface area contributed by atoms with Crippen LogP contribution in [0.3, 0.4) is 0 Å². The molecule has 3 aliphatic rings. The van der Waals surface area contributed by atoms with Crippen LogP contribution in [0.15, 0.2) is 42.5 Å². The molecule has 4 heterocycles. The highest BCUT2D eigenvalue weighted by Crippen LogP contribution is 2.44. The third-order valence-corrected chi connectivity index (χ3v) is 10.2. The number of amides is 2. The van der Waals surface area contributed by atoms with Gasteiger partial charge in [0, 0.05) is 22.9 Å². The van der Waals surface area contributed by atoms with Crippen molar-refractivity contribution in [2.75, 3.05) is 13.7 Å². The van der Waals surface area contributed by atoms with Gasteiger partial charge in [0.1, 0.15) is 24.2 Å². The van der Waals surface area contributed by atoms with Crippen molar-refractivity contribution >= 4 is 46.4 Å². The number of benzene rings is 3. The molecule has 0 saturated carbocycles. The predicted molar refractivity (Wildman–Crippen MR) is 177 cm³/mol. The van der Waals surface area contributed by atoms with Crippen LogP contribution in [0, 0.1) is 5.92 Å². The van der Waals surface area contributed by atoms with Crippen LogP contribution in [-0.2, 0) is 25.4 Å². The highest BCUT2D eigenvalue weighted by Gasteiger charge is 2.51. The molecule has 2 atom stereocenters. The number of aromatic nitrogens is 2. The Morgan fingerprint density at radius 1 is 1.04 bits per heavy atom. The molecule has 0 aliphatic carbocycles. The average Bonchev–Trinajstić information content (AvgIpc) is 3.74. The topological polar surface area (TPSA) is 115 Å². The van der Waals surface area contributed by atoms with Crippen molar-refractivity contribution < 1.29 is 28.4 Å². The van der Waals surface area contributed by atoms with E-state index in [1.807, 2.05) is 24.8 Å². The Morgan fingerprint density at radius 2 is 1.76 bits per heavy atom. The number of rotatable bonds is 5. The maximum absolute atomic E-state index is 13.6. The molecule has 11 heteroatoms. The Labute approximate surface area is 269 Å². The second-order valence-electron chi connectivity index (χ2n) is 14.0. The number of aromatic amines is 1. The molecular weight excluding hydrogens is 583 g/mol. The van der Waals surface area contributed by atoms with Crippen molar-refractivity contribution in [1.82, 2.24) is 20.2 Å². The van der Waals surface area contributed by atoms with E-state index in [9.17, 15) is 9.59 Å². The van der Waals surface area contributed by atoms with Crippen LogP contribution in [0.1, 0.15) is 71.8 Å². The maximum atomic E-state index is 13.6. The molecule has 0 spiro atoms. The Bertz CT molecular complexity index is 1850. The SMILES string of the molecule is COC(=O)NC(C(=O)N1CCCC1c1nc2c(ccc3c4c(ccc32)-c2ccc(B3OC(C)(C)C(C)(C)O3)cc2CO4)[nH]1)C(C)C. The minimum Gasteiger partial charge on any atom is -0.488 e. The van der Waals surface area contributed by atoms with Gasteiger partial charge in [0.2, 0.25) is 5.91 Å². The van der Waals surface area contributed by atoms with E-state index in [1.54, 1.807) is 0 Å². The average molecular weight is 625 g/mol. The number of carbonyl (C=O) groups is 2. The molecule has 2 unspecified atom stereocenters. The van der Waals surface area contributed by atoms with Gasteiger partial charge in [-0.25, -0.2) is 9.78 Å². The minimum absolute atomic E-state index is 0.0981. The summed E-state index contributed by atoms with van der Waals surface area (Å²) in [5, 5.41) is 4.69. The number of hydrogen-bond acceptors (Lipinski definition) is 7. The second kappa shape index (κ2) is 11.0. The molecule has 2 N–H and O–H groups in total. The molecule has 3 aliphatic heterocycles. The van der Waals surface area contributed by atoms with Crippen molar-refractivity contribution in [2.45, 2.75) is 84.3 Å². The Kier molecular flexibility index (Phi) is 7.32. The summed E-state index contributed by atoms with van der Waals surface area (Å²) < 4.78 is 23.8. The summed E-state index contributed by atoms with van der Waals surface area (Å²) >= 11 is 0. The van der Waals surface area contributed by atoms with E-state index >= 15 is 0 Å². The zero-order valence-corrected chi connectivity index (χ0v) is 27.5. The number of fused-ring (bicyclic) bond motifs is 7. The van der Waals surface area contributed by atoms with Gasteiger partial charge in [-0.3, -0.25) is 4.79 Å². The number of imidazole rings is 1. The van der Waals surface area contributed by atoms with Crippen molar-refractivity contribution in [3.8, 4) is 16.9 Å². The Morgan fingerprint density at radius 3 is 2.48 bits per heavy atom. The standard InChI is InChI=1S/C35H41BN4O6/c1-19(2)28(39-33(42)43-7)32(41)40-16-8-9-27(40)31-37-26-15-14-25-23(29(26)38-31)12-13-24-22-11-10-21(17-20(22)18-44-30(24)25)36-45-34(3,4)35(5,6)46-36/h10-15,17,19,27-28H,8-9,16,18H2,1-7H3,(H,37,38)(H,39,42).